The maximum Gasteiger partial charge on any atom is 0.328 e. The molecule has 0 aliphatic heterocycles. The van der Waals surface area contributed by atoms with Crippen molar-refractivity contribution in [3.8, 4) is 5.75 Å². The van der Waals surface area contributed by atoms with E-state index in [1.165, 1.54) is 7.11 Å². The van der Waals surface area contributed by atoms with Gasteiger partial charge in [-0.25, -0.2) is 4.79 Å². The van der Waals surface area contributed by atoms with Gasteiger partial charge in [0.2, 0.25) is 5.91 Å². The van der Waals surface area contributed by atoms with Gasteiger partial charge >= 0.3 is 5.97 Å². The molecular formula is C13H15NO4. The van der Waals surface area contributed by atoms with Crippen LogP contribution in [0.25, 0.3) is 0 Å². The van der Waals surface area contributed by atoms with Gasteiger partial charge in [0.15, 0.2) is 0 Å². The molecular weight excluding hydrogens is 234 g/mol. The van der Waals surface area contributed by atoms with Crippen LogP contribution in [0.15, 0.2) is 24.3 Å². The lowest BCUT2D eigenvalue weighted by atomic mass is 10.1. The fraction of sp³-hybridized carbons (Fsp3) is 0.231. The van der Waals surface area contributed by atoms with Crippen LogP contribution in [0.2, 0.25) is 0 Å². The molecule has 0 aliphatic carbocycles. The zero-order chi connectivity index (χ0) is 13.7. The van der Waals surface area contributed by atoms with Gasteiger partial charge in [-0.2, -0.15) is 0 Å². The highest BCUT2D eigenvalue weighted by atomic mass is 16.5. The van der Waals surface area contributed by atoms with Gasteiger partial charge in [0.1, 0.15) is 5.75 Å². The summed E-state index contributed by atoms with van der Waals surface area (Å²) in [5.41, 5.74) is 2.57. The number of hydrogen-bond donors (Lipinski definition) is 2. The van der Waals surface area contributed by atoms with Crippen LogP contribution < -0.4 is 10.1 Å². The van der Waals surface area contributed by atoms with Crippen LogP contribution in [0.3, 0.4) is 0 Å². The number of amides is 1. The fourth-order valence-corrected chi connectivity index (χ4v) is 1.38. The number of methoxy groups -OCH3 is 1. The topological polar surface area (TPSA) is 75.6 Å². The number of hydrogen-bond acceptors (Lipinski definition) is 3. The van der Waals surface area contributed by atoms with E-state index in [4.69, 9.17) is 9.84 Å². The Kier molecular flexibility index (Phi) is 4.48. The molecule has 1 aromatic carbocycles. The predicted octanol–water partition coefficient (Wildman–Crippen LogP) is 1.89. The van der Waals surface area contributed by atoms with Crippen molar-refractivity contribution in [3.05, 3.63) is 35.4 Å². The van der Waals surface area contributed by atoms with Crippen LogP contribution in [0.5, 0.6) is 5.75 Å². The van der Waals surface area contributed by atoms with E-state index in [2.05, 4.69) is 5.32 Å². The van der Waals surface area contributed by atoms with E-state index in [0.29, 0.717) is 11.4 Å². The molecule has 0 radical (unpaired) electrons. The summed E-state index contributed by atoms with van der Waals surface area (Å²) in [7, 11) is 1.51. The number of benzene rings is 1. The Morgan fingerprint density at radius 3 is 2.39 bits per heavy atom. The van der Waals surface area contributed by atoms with Crippen LogP contribution in [-0.4, -0.2) is 24.1 Å². The van der Waals surface area contributed by atoms with Crippen molar-refractivity contribution in [2.75, 3.05) is 12.4 Å². The molecule has 1 rings (SSSR count). The number of anilines is 1. The lowest BCUT2D eigenvalue weighted by Gasteiger charge is -2.11. The lowest BCUT2D eigenvalue weighted by molar-refractivity contribution is -0.131. The molecule has 5 heteroatoms. The minimum atomic E-state index is -1.17. The highest BCUT2D eigenvalue weighted by molar-refractivity contribution is 6.03. The van der Waals surface area contributed by atoms with Crippen LogP contribution in [-0.2, 0) is 9.59 Å². The van der Waals surface area contributed by atoms with E-state index in [0.717, 1.165) is 23.3 Å². The molecule has 0 atom stereocenters. The molecule has 0 fully saturated rings. The average Bonchev–Trinajstić information content (AvgIpc) is 2.31. The molecule has 0 aromatic heterocycles. The molecule has 0 saturated heterocycles. The van der Waals surface area contributed by atoms with Crippen LogP contribution in [0.4, 0.5) is 5.69 Å². The molecule has 18 heavy (non-hydrogen) atoms. The van der Waals surface area contributed by atoms with Gasteiger partial charge in [-0.05, 0) is 37.1 Å². The molecule has 5 nitrogen and oxygen atoms in total. The number of carboxylic acid groups (broad SMARTS) is 1. The van der Waals surface area contributed by atoms with Crippen LogP contribution in [0, 0.1) is 13.8 Å². The van der Waals surface area contributed by atoms with Crippen LogP contribution >= 0.6 is 0 Å². The fourth-order valence-electron chi connectivity index (χ4n) is 1.38. The Balaban J connectivity index is 2.93. The second-order valence-electron chi connectivity index (χ2n) is 3.80. The zero-order valence-electron chi connectivity index (χ0n) is 10.5. The van der Waals surface area contributed by atoms with E-state index in [1.54, 1.807) is 6.07 Å². The Bertz CT molecular complexity index is 506. The third-order valence-electron chi connectivity index (χ3n) is 2.45. The molecule has 96 valence electrons. The monoisotopic (exact) mass is 249 g/mol. The summed E-state index contributed by atoms with van der Waals surface area (Å²) in [6.45, 7) is 3.85. The maximum absolute atomic E-state index is 11.5. The summed E-state index contributed by atoms with van der Waals surface area (Å²) in [6.07, 6.45) is 1.74. The number of carbonyl (C=O) groups is 2. The number of ether oxygens (including phenoxy) is 1. The Morgan fingerprint density at radius 2 is 1.83 bits per heavy atom. The van der Waals surface area contributed by atoms with Crippen molar-refractivity contribution >= 4 is 17.6 Å². The van der Waals surface area contributed by atoms with Crippen molar-refractivity contribution in [1.29, 1.82) is 0 Å². The number of rotatable bonds is 4. The lowest BCUT2D eigenvalue weighted by Crippen LogP contribution is -2.10. The summed E-state index contributed by atoms with van der Waals surface area (Å²) >= 11 is 0. The van der Waals surface area contributed by atoms with Gasteiger partial charge in [-0.1, -0.05) is 0 Å². The first kappa shape index (κ1) is 13.8. The first-order valence-corrected chi connectivity index (χ1v) is 5.31. The van der Waals surface area contributed by atoms with Crippen molar-refractivity contribution in [2.24, 2.45) is 0 Å². The first-order chi connectivity index (χ1) is 8.43. The summed E-state index contributed by atoms with van der Waals surface area (Å²) < 4.78 is 5.15. The standard InChI is InChI=1S/C13H15NO4/c1-8-6-10(11(18-3)7-9(8)2)14-12(15)4-5-13(16)17/h4-7H,1-3H3,(H,14,15)(H,16,17)/b5-4+. The molecule has 1 aromatic rings. The smallest absolute Gasteiger partial charge is 0.328 e. The quantitative estimate of drug-likeness (QED) is 0.799. The third-order valence-corrected chi connectivity index (χ3v) is 2.45. The van der Waals surface area contributed by atoms with Crippen molar-refractivity contribution < 1.29 is 19.4 Å². The number of carbonyl (C=O) groups excluding carboxylic acids is 1. The van der Waals surface area contributed by atoms with Crippen molar-refractivity contribution in [1.82, 2.24) is 0 Å². The second kappa shape index (κ2) is 5.86. The van der Waals surface area contributed by atoms with Crippen molar-refractivity contribution in [2.45, 2.75) is 13.8 Å². The van der Waals surface area contributed by atoms with E-state index in [-0.39, 0.29) is 0 Å². The zero-order valence-corrected chi connectivity index (χ0v) is 10.5. The highest BCUT2D eigenvalue weighted by Gasteiger charge is 2.08. The number of aliphatic carboxylic acids is 1. The van der Waals surface area contributed by atoms with Gasteiger partial charge in [0.05, 0.1) is 12.8 Å². The summed E-state index contributed by atoms with van der Waals surface area (Å²) in [5, 5.41) is 11.0. The SMILES string of the molecule is COc1cc(C)c(C)cc1NC(=O)/C=C/C(=O)O. The second-order valence-corrected chi connectivity index (χ2v) is 3.80. The summed E-state index contributed by atoms with van der Waals surface area (Å²) in [6, 6.07) is 3.59. The minimum Gasteiger partial charge on any atom is -0.495 e. The average molecular weight is 249 g/mol. The normalized spacial score (nSPS) is 10.4. The van der Waals surface area contributed by atoms with Crippen LogP contribution in [0.1, 0.15) is 11.1 Å². The number of carboxylic acids is 1. The molecule has 2 N–H and O–H groups in total. The molecule has 0 spiro atoms. The predicted molar refractivity (Wildman–Crippen MR) is 67.9 cm³/mol. The van der Waals surface area contributed by atoms with Crippen molar-refractivity contribution in [3.63, 3.8) is 0 Å². The molecule has 0 aliphatic rings. The molecule has 0 heterocycles. The minimum absolute atomic E-state index is 0.514. The summed E-state index contributed by atoms with van der Waals surface area (Å²) in [5.74, 6) is -1.15. The number of aryl methyl sites for hydroxylation is 2. The molecule has 0 bridgehead atoms. The molecule has 1 amide bonds. The van der Waals surface area contributed by atoms with Gasteiger partial charge in [0, 0.05) is 12.2 Å². The largest absolute Gasteiger partial charge is 0.495 e. The maximum atomic E-state index is 11.5. The highest BCUT2D eigenvalue weighted by Crippen LogP contribution is 2.27. The van der Waals surface area contributed by atoms with Gasteiger partial charge in [-0.3, -0.25) is 4.79 Å². The molecule has 0 unspecified atom stereocenters. The van der Waals surface area contributed by atoms with Gasteiger partial charge in [-0.15, -0.1) is 0 Å². The Hall–Kier alpha value is -2.30. The first-order valence-electron chi connectivity index (χ1n) is 5.31. The Labute approximate surface area is 105 Å². The van der Waals surface area contributed by atoms with E-state index < -0.39 is 11.9 Å². The van der Waals surface area contributed by atoms with Gasteiger partial charge < -0.3 is 15.2 Å². The van der Waals surface area contributed by atoms with E-state index >= 15 is 0 Å². The van der Waals surface area contributed by atoms with E-state index in [1.807, 2.05) is 19.9 Å². The molecule has 0 saturated carbocycles. The number of nitrogens with one attached hydrogen (secondary N) is 1. The summed E-state index contributed by atoms with van der Waals surface area (Å²) in [4.78, 5) is 21.8. The van der Waals surface area contributed by atoms with E-state index in [9.17, 15) is 9.59 Å². The Morgan fingerprint density at radius 1 is 1.22 bits per heavy atom. The third kappa shape index (κ3) is 3.62. The van der Waals surface area contributed by atoms with Gasteiger partial charge in [0.25, 0.3) is 0 Å².